The van der Waals surface area contributed by atoms with Crippen molar-refractivity contribution in [1.82, 2.24) is 10.2 Å². The van der Waals surface area contributed by atoms with Gasteiger partial charge in [-0.25, -0.2) is 0 Å². The van der Waals surface area contributed by atoms with Gasteiger partial charge in [0.05, 0.1) is 6.54 Å². The van der Waals surface area contributed by atoms with E-state index in [2.05, 4.69) is 10.2 Å². The molecule has 0 aliphatic carbocycles. The third-order valence-electron chi connectivity index (χ3n) is 2.44. The normalized spacial score (nSPS) is 21.2. The Morgan fingerprint density at radius 3 is 2.58 bits per heavy atom. The van der Waals surface area contributed by atoms with E-state index in [9.17, 15) is 4.79 Å². The molecule has 3 heteroatoms. The second-order valence-corrected chi connectivity index (χ2v) is 3.54. The summed E-state index contributed by atoms with van der Waals surface area (Å²) < 4.78 is 0. The molecule has 0 spiro atoms. The van der Waals surface area contributed by atoms with Crippen LogP contribution in [0.4, 0.5) is 0 Å². The number of piperidine rings is 1. The monoisotopic (exact) mass is 172 g/mol. The SMILES string of the molecule is CNC1CCN(CC(C)=O)CC1.[HH]. The molecule has 0 saturated carbocycles. The quantitative estimate of drug-likeness (QED) is 0.673. The van der Waals surface area contributed by atoms with Crippen LogP contribution in [0.15, 0.2) is 0 Å². The summed E-state index contributed by atoms with van der Waals surface area (Å²) >= 11 is 0. The summed E-state index contributed by atoms with van der Waals surface area (Å²) in [4.78, 5) is 13.0. The minimum atomic E-state index is 0. The largest absolute Gasteiger partial charge is 0.317 e. The van der Waals surface area contributed by atoms with Gasteiger partial charge in [0.15, 0.2) is 0 Å². The van der Waals surface area contributed by atoms with Crippen molar-refractivity contribution in [2.45, 2.75) is 25.8 Å². The minimum Gasteiger partial charge on any atom is -0.317 e. The maximum atomic E-state index is 10.8. The summed E-state index contributed by atoms with van der Waals surface area (Å²) in [7, 11) is 2.01. The molecule has 0 unspecified atom stereocenters. The molecular formula is C9H20N2O. The van der Waals surface area contributed by atoms with Crippen LogP contribution in [0.25, 0.3) is 0 Å². The Hall–Kier alpha value is -0.410. The Labute approximate surface area is 75.6 Å². The second-order valence-electron chi connectivity index (χ2n) is 3.54. The average Bonchev–Trinajstić information content (AvgIpc) is 2.05. The van der Waals surface area contributed by atoms with Gasteiger partial charge in [0, 0.05) is 20.6 Å². The number of nitrogens with zero attached hydrogens (tertiary/aromatic N) is 1. The van der Waals surface area contributed by atoms with Crippen molar-refractivity contribution in [3.63, 3.8) is 0 Å². The first-order chi connectivity index (χ1) is 5.72. The van der Waals surface area contributed by atoms with E-state index < -0.39 is 0 Å². The van der Waals surface area contributed by atoms with Gasteiger partial charge in [-0.2, -0.15) is 0 Å². The summed E-state index contributed by atoms with van der Waals surface area (Å²) in [6.45, 7) is 4.41. The molecule has 12 heavy (non-hydrogen) atoms. The molecule has 72 valence electrons. The van der Waals surface area contributed by atoms with Gasteiger partial charge in [0.2, 0.25) is 0 Å². The smallest absolute Gasteiger partial charge is 0.143 e. The highest BCUT2D eigenvalue weighted by atomic mass is 16.1. The Morgan fingerprint density at radius 2 is 2.17 bits per heavy atom. The van der Waals surface area contributed by atoms with Gasteiger partial charge in [-0.1, -0.05) is 0 Å². The fraction of sp³-hybridized carbons (Fsp3) is 0.889. The van der Waals surface area contributed by atoms with Crippen LogP contribution < -0.4 is 5.32 Å². The summed E-state index contributed by atoms with van der Waals surface area (Å²) in [6, 6.07) is 0.660. The first-order valence-corrected chi connectivity index (χ1v) is 4.61. The summed E-state index contributed by atoms with van der Waals surface area (Å²) in [6.07, 6.45) is 2.34. The van der Waals surface area contributed by atoms with Gasteiger partial charge in [-0.15, -0.1) is 0 Å². The Balaban J connectivity index is 0.00000144. The third-order valence-corrected chi connectivity index (χ3v) is 2.44. The highest BCUT2D eigenvalue weighted by Crippen LogP contribution is 2.08. The van der Waals surface area contributed by atoms with E-state index in [1.165, 1.54) is 12.8 Å². The van der Waals surface area contributed by atoms with Crippen LogP contribution in [-0.4, -0.2) is 43.4 Å². The lowest BCUT2D eigenvalue weighted by Crippen LogP contribution is -2.42. The fourth-order valence-electron chi connectivity index (χ4n) is 1.69. The maximum Gasteiger partial charge on any atom is 0.143 e. The van der Waals surface area contributed by atoms with E-state index in [1.807, 2.05) is 7.05 Å². The zero-order valence-corrected chi connectivity index (χ0v) is 7.97. The molecule has 0 aromatic heterocycles. The highest BCUT2D eigenvalue weighted by Gasteiger charge is 2.17. The van der Waals surface area contributed by atoms with Crippen molar-refractivity contribution in [2.75, 3.05) is 26.7 Å². The molecule has 0 bridgehead atoms. The van der Waals surface area contributed by atoms with E-state index in [-0.39, 0.29) is 7.21 Å². The fourth-order valence-corrected chi connectivity index (χ4v) is 1.69. The third kappa shape index (κ3) is 2.91. The number of rotatable bonds is 3. The lowest BCUT2D eigenvalue weighted by Gasteiger charge is -2.30. The lowest BCUT2D eigenvalue weighted by atomic mass is 10.1. The first-order valence-electron chi connectivity index (χ1n) is 4.61. The van der Waals surface area contributed by atoms with Crippen molar-refractivity contribution in [2.24, 2.45) is 0 Å². The second kappa shape index (κ2) is 4.58. The zero-order valence-electron chi connectivity index (χ0n) is 7.97. The molecule has 0 aromatic rings. The zero-order chi connectivity index (χ0) is 8.97. The van der Waals surface area contributed by atoms with E-state index in [4.69, 9.17) is 0 Å². The molecule has 1 aliphatic heterocycles. The van der Waals surface area contributed by atoms with Crippen LogP contribution in [0, 0.1) is 0 Å². The molecule has 1 rings (SSSR count). The number of nitrogens with one attached hydrogen (secondary N) is 1. The number of likely N-dealkylation sites (tertiary alicyclic amines) is 1. The van der Waals surface area contributed by atoms with E-state index in [0.29, 0.717) is 12.6 Å². The number of carbonyl (C=O) groups excluding carboxylic acids is 1. The van der Waals surface area contributed by atoms with Crippen LogP contribution in [0.2, 0.25) is 0 Å². The van der Waals surface area contributed by atoms with E-state index in [0.717, 1.165) is 13.1 Å². The first kappa shape index (κ1) is 9.68. The van der Waals surface area contributed by atoms with Crippen LogP contribution >= 0.6 is 0 Å². The van der Waals surface area contributed by atoms with Crippen LogP contribution in [0.1, 0.15) is 21.2 Å². The standard InChI is InChI=1S/C9H18N2O.H2/c1-8(12)7-11-5-3-9(10-2)4-6-11;/h9-10H,3-7H2,1-2H3;1H. The van der Waals surface area contributed by atoms with Crippen LogP contribution in [-0.2, 0) is 4.79 Å². The number of ketones is 1. The van der Waals surface area contributed by atoms with Crippen molar-refractivity contribution in [3.05, 3.63) is 0 Å². The molecule has 1 saturated heterocycles. The van der Waals surface area contributed by atoms with Gasteiger partial charge in [-0.3, -0.25) is 9.69 Å². The Bertz CT molecular complexity index is 156. The molecule has 1 fully saturated rings. The molecule has 0 radical (unpaired) electrons. The van der Waals surface area contributed by atoms with Crippen LogP contribution in [0.3, 0.4) is 0 Å². The van der Waals surface area contributed by atoms with E-state index >= 15 is 0 Å². The van der Waals surface area contributed by atoms with Gasteiger partial charge < -0.3 is 5.32 Å². The summed E-state index contributed by atoms with van der Waals surface area (Å²) in [5.41, 5.74) is 0. The predicted octanol–water partition coefficient (Wildman–Crippen LogP) is 0.505. The molecular weight excluding hydrogens is 152 g/mol. The molecule has 3 nitrogen and oxygen atoms in total. The molecule has 0 aromatic carbocycles. The Morgan fingerprint density at radius 1 is 1.58 bits per heavy atom. The van der Waals surface area contributed by atoms with Crippen molar-refractivity contribution < 1.29 is 6.22 Å². The summed E-state index contributed by atoms with van der Waals surface area (Å²) in [5, 5.41) is 3.27. The number of hydrogen-bond acceptors (Lipinski definition) is 3. The van der Waals surface area contributed by atoms with Gasteiger partial charge in [-0.05, 0) is 26.8 Å². The topological polar surface area (TPSA) is 32.3 Å². The van der Waals surface area contributed by atoms with Gasteiger partial charge >= 0.3 is 0 Å². The Kier molecular flexibility index (Phi) is 3.69. The number of Topliss-reactive ketones (excluding diaryl/α,β-unsaturated/α-hetero) is 1. The van der Waals surface area contributed by atoms with E-state index in [1.54, 1.807) is 6.92 Å². The molecule has 0 amide bonds. The number of hydrogen-bond donors (Lipinski definition) is 1. The van der Waals surface area contributed by atoms with Crippen molar-refractivity contribution in [1.29, 1.82) is 0 Å². The molecule has 0 atom stereocenters. The maximum absolute atomic E-state index is 10.8. The van der Waals surface area contributed by atoms with Crippen LogP contribution in [0.5, 0.6) is 0 Å². The molecule has 1 N–H and O–H groups in total. The highest BCUT2D eigenvalue weighted by molar-refractivity contribution is 5.77. The summed E-state index contributed by atoms with van der Waals surface area (Å²) in [5.74, 6) is 0.276. The van der Waals surface area contributed by atoms with Gasteiger partial charge in [0.25, 0.3) is 0 Å². The van der Waals surface area contributed by atoms with Crippen molar-refractivity contribution >= 4 is 5.78 Å². The van der Waals surface area contributed by atoms with Crippen molar-refractivity contribution in [3.8, 4) is 0 Å². The van der Waals surface area contributed by atoms with Gasteiger partial charge in [0.1, 0.15) is 5.78 Å². The number of carbonyl (C=O) groups is 1. The minimum absolute atomic E-state index is 0. The molecule has 1 aliphatic rings. The lowest BCUT2D eigenvalue weighted by molar-refractivity contribution is -0.118. The average molecular weight is 172 g/mol. The molecule has 1 heterocycles. The predicted molar refractivity (Wildman–Crippen MR) is 51.3 cm³/mol.